The first kappa shape index (κ1) is 29.6. The second-order valence-corrected chi connectivity index (χ2v) is 9.32. The molecule has 0 unspecified atom stereocenters. The van der Waals surface area contributed by atoms with Gasteiger partial charge >= 0.3 is 12.2 Å². The quantitative estimate of drug-likeness (QED) is 0.149. The van der Waals surface area contributed by atoms with Crippen LogP contribution in [0.1, 0.15) is 63.9 Å². The highest BCUT2D eigenvalue weighted by Crippen LogP contribution is 2.39. The zero-order chi connectivity index (χ0) is 27.9. The average molecular weight is 553 g/mol. The van der Waals surface area contributed by atoms with Crippen LogP contribution in [0, 0.1) is 35.1 Å². The lowest BCUT2D eigenvalue weighted by atomic mass is 9.80. The van der Waals surface area contributed by atoms with E-state index >= 15 is 0 Å². The van der Waals surface area contributed by atoms with Crippen molar-refractivity contribution in [1.29, 1.82) is 0 Å². The summed E-state index contributed by atoms with van der Waals surface area (Å²) in [5.41, 5.74) is -1.79. The van der Waals surface area contributed by atoms with Crippen LogP contribution in [0.3, 0.4) is 0 Å². The summed E-state index contributed by atoms with van der Waals surface area (Å²) in [6, 6.07) is 1.56. The molecule has 0 atom stereocenters. The van der Waals surface area contributed by atoms with Gasteiger partial charge in [0.25, 0.3) is 0 Å². The van der Waals surface area contributed by atoms with E-state index in [1.807, 2.05) is 0 Å². The lowest BCUT2D eigenvalue weighted by Crippen LogP contribution is -2.25. The Morgan fingerprint density at radius 1 is 0.842 bits per heavy atom. The standard InChI is InChI=1S/C27H28F8O3/c1-2-3-4-5-16-6-8-17(9-7-16)14-36-18-10-20(28)25(21(29)11-18)27(34,35)38-19-12-22(30)26(23(31)13-19)37-15-24(32)33/h10-13,15-17H,2-9,14H2,1H3. The molecule has 3 nitrogen and oxygen atoms in total. The molecule has 3 rings (SSSR count). The van der Waals surface area contributed by atoms with Crippen LogP contribution in [0.25, 0.3) is 0 Å². The number of benzene rings is 2. The van der Waals surface area contributed by atoms with Crippen LogP contribution >= 0.6 is 0 Å². The molecule has 0 spiro atoms. The molecule has 210 valence electrons. The molecule has 1 saturated carbocycles. The van der Waals surface area contributed by atoms with Gasteiger partial charge in [-0.3, -0.25) is 0 Å². The third-order valence-corrected chi connectivity index (χ3v) is 6.46. The van der Waals surface area contributed by atoms with Crippen LogP contribution < -0.4 is 14.2 Å². The SMILES string of the molecule is CCCCCC1CCC(COc2cc(F)c(C(F)(F)Oc3cc(F)c(OC=C(F)F)c(F)c3)c(F)c2)CC1. The molecule has 2 aromatic carbocycles. The molecule has 0 bridgehead atoms. The minimum atomic E-state index is -4.69. The number of hydrogen-bond acceptors (Lipinski definition) is 3. The fourth-order valence-corrected chi connectivity index (χ4v) is 4.51. The minimum Gasteiger partial charge on any atom is -0.493 e. The predicted octanol–water partition coefficient (Wildman–Crippen LogP) is 9.25. The smallest absolute Gasteiger partial charge is 0.432 e. The van der Waals surface area contributed by atoms with Crippen molar-refractivity contribution in [1.82, 2.24) is 0 Å². The lowest BCUT2D eigenvalue weighted by molar-refractivity contribution is -0.189. The van der Waals surface area contributed by atoms with E-state index in [-0.39, 0.29) is 36.7 Å². The molecule has 1 aliphatic rings. The Morgan fingerprint density at radius 2 is 1.39 bits per heavy atom. The maximum atomic E-state index is 14.6. The zero-order valence-electron chi connectivity index (χ0n) is 20.7. The van der Waals surface area contributed by atoms with E-state index in [0.717, 1.165) is 32.1 Å². The van der Waals surface area contributed by atoms with Gasteiger partial charge in [0.1, 0.15) is 28.7 Å². The van der Waals surface area contributed by atoms with Crippen molar-refractivity contribution < 1.29 is 49.3 Å². The van der Waals surface area contributed by atoms with E-state index in [1.54, 1.807) is 0 Å². The fraction of sp³-hybridized carbons (Fsp3) is 0.481. The van der Waals surface area contributed by atoms with Gasteiger partial charge in [0.15, 0.2) is 23.6 Å². The van der Waals surface area contributed by atoms with E-state index < -0.39 is 52.5 Å². The van der Waals surface area contributed by atoms with Crippen molar-refractivity contribution in [3.63, 3.8) is 0 Å². The van der Waals surface area contributed by atoms with Gasteiger partial charge in [0.05, 0.1) is 6.61 Å². The van der Waals surface area contributed by atoms with E-state index in [2.05, 4.69) is 16.4 Å². The fourth-order valence-electron chi connectivity index (χ4n) is 4.51. The summed E-state index contributed by atoms with van der Waals surface area (Å²) in [4.78, 5) is 0. The zero-order valence-corrected chi connectivity index (χ0v) is 20.7. The van der Waals surface area contributed by atoms with Gasteiger partial charge in [-0.2, -0.15) is 17.6 Å². The van der Waals surface area contributed by atoms with Crippen LogP contribution in [0.4, 0.5) is 35.1 Å². The topological polar surface area (TPSA) is 27.7 Å². The van der Waals surface area contributed by atoms with Gasteiger partial charge in [-0.05, 0) is 24.7 Å². The largest absolute Gasteiger partial charge is 0.493 e. The van der Waals surface area contributed by atoms with Crippen LogP contribution in [-0.4, -0.2) is 6.61 Å². The summed E-state index contributed by atoms with van der Waals surface area (Å²) < 4.78 is 124. The summed E-state index contributed by atoms with van der Waals surface area (Å²) in [7, 11) is 0. The highest BCUT2D eigenvalue weighted by atomic mass is 19.3. The van der Waals surface area contributed by atoms with Gasteiger partial charge in [-0.15, -0.1) is 0 Å². The molecule has 0 aliphatic heterocycles. The Balaban J connectivity index is 1.63. The van der Waals surface area contributed by atoms with Gasteiger partial charge in [-0.25, -0.2) is 17.6 Å². The molecule has 0 amide bonds. The van der Waals surface area contributed by atoms with Gasteiger partial charge in [0.2, 0.25) is 0 Å². The number of ether oxygens (including phenoxy) is 3. The number of alkyl halides is 2. The molecule has 0 radical (unpaired) electrons. The van der Waals surface area contributed by atoms with Crippen molar-refractivity contribution in [3.8, 4) is 17.2 Å². The first-order valence-electron chi connectivity index (χ1n) is 12.4. The summed E-state index contributed by atoms with van der Waals surface area (Å²) >= 11 is 0. The molecule has 0 heterocycles. The molecule has 38 heavy (non-hydrogen) atoms. The Hall–Kier alpha value is -2.98. The van der Waals surface area contributed by atoms with E-state index in [4.69, 9.17) is 4.74 Å². The third kappa shape index (κ3) is 8.01. The summed E-state index contributed by atoms with van der Waals surface area (Å²) in [6.07, 6.45) is 1.30. The van der Waals surface area contributed by atoms with Crippen LogP contribution in [0.2, 0.25) is 0 Å². The van der Waals surface area contributed by atoms with Crippen LogP contribution in [0.15, 0.2) is 36.6 Å². The molecular weight excluding hydrogens is 524 g/mol. The second kappa shape index (κ2) is 13.2. The summed E-state index contributed by atoms with van der Waals surface area (Å²) in [5, 5.41) is 0. The Labute approximate surface area is 215 Å². The maximum Gasteiger partial charge on any atom is 0.432 e. The van der Waals surface area contributed by atoms with Crippen LogP contribution in [0.5, 0.6) is 17.2 Å². The maximum absolute atomic E-state index is 14.6. The molecular formula is C27H28F8O3. The first-order valence-corrected chi connectivity index (χ1v) is 12.4. The highest BCUT2D eigenvalue weighted by molar-refractivity contribution is 5.37. The number of unbranched alkanes of at least 4 members (excludes halogenated alkanes) is 2. The van der Waals surface area contributed by atoms with Gasteiger partial charge in [-0.1, -0.05) is 45.4 Å². The molecule has 0 aromatic heterocycles. The second-order valence-electron chi connectivity index (χ2n) is 9.32. The average Bonchev–Trinajstić information content (AvgIpc) is 2.82. The third-order valence-electron chi connectivity index (χ3n) is 6.46. The van der Waals surface area contributed by atoms with E-state index in [0.29, 0.717) is 18.1 Å². The van der Waals surface area contributed by atoms with E-state index in [1.165, 1.54) is 19.3 Å². The van der Waals surface area contributed by atoms with Crippen molar-refractivity contribution in [3.05, 3.63) is 65.4 Å². The van der Waals surface area contributed by atoms with Crippen LogP contribution in [-0.2, 0) is 6.11 Å². The van der Waals surface area contributed by atoms with Crippen molar-refractivity contribution in [2.24, 2.45) is 11.8 Å². The van der Waals surface area contributed by atoms with Crippen molar-refractivity contribution in [2.45, 2.75) is 64.4 Å². The van der Waals surface area contributed by atoms with Gasteiger partial charge < -0.3 is 14.2 Å². The Kier molecular flexibility index (Phi) is 10.3. The van der Waals surface area contributed by atoms with E-state index in [9.17, 15) is 35.1 Å². The molecule has 1 fully saturated rings. The monoisotopic (exact) mass is 552 g/mol. The number of rotatable bonds is 12. The normalized spacial score (nSPS) is 17.7. The van der Waals surface area contributed by atoms with Gasteiger partial charge in [0, 0.05) is 24.3 Å². The summed E-state index contributed by atoms with van der Waals surface area (Å²) in [6.45, 7) is 2.33. The Bertz CT molecular complexity index is 1060. The van der Waals surface area contributed by atoms with Crippen molar-refractivity contribution in [2.75, 3.05) is 6.61 Å². The molecule has 0 saturated heterocycles. The predicted molar refractivity (Wildman–Crippen MR) is 123 cm³/mol. The summed E-state index contributed by atoms with van der Waals surface area (Å²) in [5.74, 6) is -8.60. The molecule has 11 heteroatoms. The molecule has 1 aliphatic carbocycles. The van der Waals surface area contributed by atoms with Crippen molar-refractivity contribution >= 4 is 0 Å². The number of halogens is 8. The molecule has 2 aromatic rings. The minimum absolute atomic E-state index is 0.182. The lowest BCUT2D eigenvalue weighted by Gasteiger charge is -2.28. The number of hydrogen-bond donors (Lipinski definition) is 0. The molecule has 0 N–H and O–H groups in total. The first-order chi connectivity index (χ1) is 18.0. The Morgan fingerprint density at radius 3 is 1.95 bits per heavy atom. The highest BCUT2D eigenvalue weighted by Gasteiger charge is 2.42.